The van der Waals surface area contributed by atoms with E-state index in [-0.39, 0.29) is 0 Å². The first kappa shape index (κ1) is 11.2. The van der Waals surface area contributed by atoms with Crippen LogP contribution in [0.5, 0.6) is 0 Å². The molecule has 0 unspecified atom stereocenters. The summed E-state index contributed by atoms with van der Waals surface area (Å²) in [6, 6.07) is 9.70. The van der Waals surface area contributed by atoms with Gasteiger partial charge in [-0.15, -0.1) is 0 Å². The third-order valence-electron chi connectivity index (χ3n) is 2.97. The van der Waals surface area contributed by atoms with Crippen molar-refractivity contribution in [1.29, 1.82) is 5.26 Å². The molecule has 5 heteroatoms. The van der Waals surface area contributed by atoms with E-state index < -0.39 is 0 Å². The fourth-order valence-electron chi connectivity index (χ4n) is 2.02. The molecule has 5 nitrogen and oxygen atoms in total. The molecule has 0 aliphatic rings. The van der Waals surface area contributed by atoms with E-state index in [0.29, 0.717) is 5.69 Å². The van der Waals surface area contributed by atoms with Gasteiger partial charge in [0.2, 0.25) is 0 Å². The topological polar surface area (TPSA) is 66.0 Å². The SMILES string of the molecule is CNc1ccc2c(C#N)nc(-c3ccncc3)n2c1. The molecule has 0 aromatic carbocycles. The minimum atomic E-state index is 0.425. The quantitative estimate of drug-likeness (QED) is 0.756. The summed E-state index contributed by atoms with van der Waals surface area (Å²) in [5, 5.41) is 12.2. The van der Waals surface area contributed by atoms with E-state index in [2.05, 4.69) is 21.4 Å². The molecule has 0 spiro atoms. The van der Waals surface area contributed by atoms with Gasteiger partial charge in [0.05, 0.1) is 11.2 Å². The van der Waals surface area contributed by atoms with E-state index in [1.54, 1.807) is 12.4 Å². The van der Waals surface area contributed by atoms with Crippen molar-refractivity contribution in [3.8, 4) is 17.5 Å². The molecule has 0 fully saturated rings. The number of rotatable bonds is 2. The Kier molecular flexibility index (Phi) is 2.62. The lowest BCUT2D eigenvalue weighted by molar-refractivity contribution is 1.15. The maximum atomic E-state index is 9.17. The van der Waals surface area contributed by atoms with Crippen LogP contribution >= 0.6 is 0 Å². The summed E-state index contributed by atoms with van der Waals surface area (Å²) in [6.07, 6.45) is 5.35. The van der Waals surface area contributed by atoms with E-state index in [1.165, 1.54) is 0 Å². The van der Waals surface area contributed by atoms with E-state index in [1.807, 2.05) is 41.9 Å². The highest BCUT2D eigenvalue weighted by atomic mass is 15.0. The van der Waals surface area contributed by atoms with Crippen LogP contribution in [0.15, 0.2) is 42.9 Å². The van der Waals surface area contributed by atoms with E-state index in [9.17, 15) is 0 Å². The predicted molar refractivity (Wildman–Crippen MR) is 72.7 cm³/mol. The van der Waals surface area contributed by atoms with Crippen molar-refractivity contribution >= 4 is 11.2 Å². The van der Waals surface area contributed by atoms with Gasteiger partial charge in [-0.1, -0.05) is 0 Å². The molecule has 3 aromatic rings. The highest BCUT2D eigenvalue weighted by molar-refractivity contribution is 5.69. The molecular weight excluding hydrogens is 238 g/mol. The lowest BCUT2D eigenvalue weighted by Crippen LogP contribution is -1.94. The zero-order chi connectivity index (χ0) is 13.2. The second-order valence-electron chi connectivity index (χ2n) is 4.05. The first-order valence-electron chi connectivity index (χ1n) is 5.84. The van der Waals surface area contributed by atoms with Crippen molar-refractivity contribution in [2.75, 3.05) is 12.4 Å². The van der Waals surface area contributed by atoms with Crippen LogP contribution in [0.25, 0.3) is 16.9 Å². The number of pyridine rings is 2. The summed E-state index contributed by atoms with van der Waals surface area (Å²) in [5.41, 5.74) is 3.12. The highest BCUT2D eigenvalue weighted by Crippen LogP contribution is 2.23. The summed E-state index contributed by atoms with van der Waals surface area (Å²) in [4.78, 5) is 8.40. The molecule has 0 amide bonds. The predicted octanol–water partition coefficient (Wildman–Crippen LogP) is 2.31. The number of nitriles is 1. The van der Waals surface area contributed by atoms with Gasteiger partial charge in [-0.25, -0.2) is 4.98 Å². The Bertz CT molecular complexity index is 768. The minimum Gasteiger partial charge on any atom is -0.387 e. The number of fused-ring (bicyclic) bond motifs is 1. The molecule has 1 N–H and O–H groups in total. The molecule has 0 saturated heterocycles. The lowest BCUT2D eigenvalue weighted by Gasteiger charge is -2.04. The summed E-state index contributed by atoms with van der Waals surface area (Å²) in [7, 11) is 1.86. The number of aromatic nitrogens is 3. The molecule has 0 aliphatic carbocycles. The van der Waals surface area contributed by atoms with Crippen LogP contribution < -0.4 is 5.32 Å². The van der Waals surface area contributed by atoms with Crippen molar-refractivity contribution < 1.29 is 0 Å². The van der Waals surface area contributed by atoms with Crippen molar-refractivity contribution in [1.82, 2.24) is 14.4 Å². The minimum absolute atomic E-state index is 0.425. The van der Waals surface area contributed by atoms with Gasteiger partial charge < -0.3 is 5.32 Å². The van der Waals surface area contributed by atoms with Crippen LogP contribution in [0.4, 0.5) is 5.69 Å². The Hall–Kier alpha value is -2.87. The zero-order valence-electron chi connectivity index (χ0n) is 10.3. The van der Waals surface area contributed by atoms with Crippen LogP contribution in [-0.2, 0) is 0 Å². The van der Waals surface area contributed by atoms with E-state index in [0.717, 1.165) is 22.6 Å². The highest BCUT2D eigenvalue weighted by Gasteiger charge is 2.12. The standard InChI is InChI=1S/C14H11N5/c1-16-11-2-3-13-12(8-15)18-14(19(13)9-11)10-4-6-17-7-5-10/h2-7,9,16H,1H3. The zero-order valence-corrected chi connectivity index (χ0v) is 10.3. The average molecular weight is 249 g/mol. The molecule has 0 saturated carbocycles. The normalized spacial score (nSPS) is 10.3. The van der Waals surface area contributed by atoms with Gasteiger partial charge in [-0.3, -0.25) is 9.38 Å². The first-order chi connectivity index (χ1) is 9.33. The van der Waals surface area contributed by atoms with Gasteiger partial charge in [0.25, 0.3) is 0 Å². The van der Waals surface area contributed by atoms with Gasteiger partial charge in [0.1, 0.15) is 11.9 Å². The molecular formula is C14H11N5. The fraction of sp³-hybridized carbons (Fsp3) is 0.0714. The van der Waals surface area contributed by atoms with Gasteiger partial charge in [-0.05, 0) is 24.3 Å². The molecule has 0 bridgehead atoms. The molecule has 0 radical (unpaired) electrons. The number of anilines is 1. The van der Waals surface area contributed by atoms with Crippen molar-refractivity contribution in [3.63, 3.8) is 0 Å². The summed E-state index contributed by atoms with van der Waals surface area (Å²) in [5.74, 6) is 0.742. The fourth-order valence-corrected chi connectivity index (χ4v) is 2.02. The third kappa shape index (κ3) is 1.79. The van der Waals surface area contributed by atoms with Crippen molar-refractivity contribution in [2.45, 2.75) is 0 Å². The molecule has 19 heavy (non-hydrogen) atoms. The second kappa shape index (κ2) is 4.42. The van der Waals surface area contributed by atoms with Crippen LogP contribution in [0.1, 0.15) is 5.69 Å². The molecule has 0 atom stereocenters. The largest absolute Gasteiger partial charge is 0.387 e. The first-order valence-corrected chi connectivity index (χ1v) is 5.84. The monoisotopic (exact) mass is 249 g/mol. The van der Waals surface area contributed by atoms with Gasteiger partial charge >= 0.3 is 0 Å². The van der Waals surface area contributed by atoms with Crippen LogP contribution in [0.3, 0.4) is 0 Å². The Morgan fingerprint density at radius 1 is 1.21 bits per heavy atom. The van der Waals surface area contributed by atoms with Crippen LogP contribution in [0, 0.1) is 11.3 Å². The number of hydrogen-bond acceptors (Lipinski definition) is 4. The molecule has 3 aromatic heterocycles. The van der Waals surface area contributed by atoms with Crippen molar-refractivity contribution in [2.24, 2.45) is 0 Å². The van der Waals surface area contributed by atoms with Gasteiger partial charge in [0.15, 0.2) is 5.69 Å². The van der Waals surface area contributed by atoms with Gasteiger partial charge in [-0.2, -0.15) is 5.26 Å². The number of imidazole rings is 1. The smallest absolute Gasteiger partial charge is 0.166 e. The van der Waals surface area contributed by atoms with Crippen molar-refractivity contribution in [3.05, 3.63) is 48.5 Å². The summed E-state index contributed by atoms with van der Waals surface area (Å²) < 4.78 is 1.92. The Morgan fingerprint density at radius 3 is 2.68 bits per heavy atom. The number of nitrogens with zero attached hydrogens (tertiary/aromatic N) is 4. The van der Waals surface area contributed by atoms with Crippen LogP contribution in [0.2, 0.25) is 0 Å². The molecule has 3 rings (SSSR count). The van der Waals surface area contributed by atoms with Crippen LogP contribution in [-0.4, -0.2) is 21.4 Å². The molecule has 92 valence electrons. The Labute approximate surface area is 110 Å². The van der Waals surface area contributed by atoms with E-state index in [4.69, 9.17) is 5.26 Å². The van der Waals surface area contributed by atoms with Gasteiger partial charge in [0, 0.05) is 31.2 Å². The number of hydrogen-bond donors (Lipinski definition) is 1. The third-order valence-corrected chi connectivity index (χ3v) is 2.97. The Balaban J connectivity index is 2.33. The maximum absolute atomic E-state index is 9.17. The summed E-state index contributed by atoms with van der Waals surface area (Å²) >= 11 is 0. The molecule has 0 aliphatic heterocycles. The maximum Gasteiger partial charge on any atom is 0.166 e. The lowest BCUT2D eigenvalue weighted by atomic mass is 10.2. The van der Waals surface area contributed by atoms with E-state index >= 15 is 0 Å². The Morgan fingerprint density at radius 2 is 2.00 bits per heavy atom. The second-order valence-corrected chi connectivity index (χ2v) is 4.05. The summed E-state index contributed by atoms with van der Waals surface area (Å²) in [6.45, 7) is 0. The molecule has 3 heterocycles. The average Bonchev–Trinajstić information content (AvgIpc) is 2.86. The number of nitrogens with one attached hydrogen (secondary N) is 1.